The van der Waals surface area contributed by atoms with Crippen LogP contribution in [0.4, 0.5) is 0 Å². The minimum absolute atomic E-state index is 0.0251. The average molecular weight is 297 g/mol. The van der Waals surface area contributed by atoms with Gasteiger partial charge in [0.15, 0.2) is 0 Å². The van der Waals surface area contributed by atoms with Crippen LogP contribution in [-0.2, 0) is 14.3 Å². The predicted molar refractivity (Wildman–Crippen MR) is 79.6 cm³/mol. The van der Waals surface area contributed by atoms with Crippen LogP contribution < -0.4 is 11.1 Å². The zero-order chi connectivity index (χ0) is 15.1. The van der Waals surface area contributed by atoms with Crippen LogP contribution in [0, 0.1) is 5.92 Å². The molecule has 2 amide bonds. The lowest BCUT2D eigenvalue weighted by Gasteiger charge is -2.32. The summed E-state index contributed by atoms with van der Waals surface area (Å²) in [4.78, 5) is 26.1. The molecule has 120 valence electrons. The Morgan fingerprint density at radius 1 is 1.29 bits per heavy atom. The average Bonchev–Trinajstić information content (AvgIpc) is 3.03. The Bertz CT molecular complexity index is 356. The first-order chi connectivity index (χ1) is 10.2. The molecule has 6 heteroatoms. The van der Waals surface area contributed by atoms with E-state index in [1.165, 1.54) is 0 Å². The number of nitrogens with two attached hydrogens (primary N) is 1. The summed E-state index contributed by atoms with van der Waals surface area (Å²) in [5.74, 6) is 0.0934. The first-order valence-corrected chi connectivity index (χ1v) is 8.08. The van der Waals surface area contributed by atoms with Gasteiger partial charge in [0.2, 0.25) is 11.8 Å². The summed E-state index contributed by atoms with van der Waals surface area (Å²) in [6.45, 7) is 3.09. The molecule has 6 nitrogen and oxygen atoms in total. The van der Waals surface area contributed by atoms with E-state index in [0.717, 1.165) is 45.3 Å². The normalized spacial score (nSPS) is 25.9. The van der Waals surface area contributed by atoms with Crippen LogP contribution in [0.1, 0.15) is 38.5 Å². The number of amides is 2. The molecule has 2 heterocycles. The van der Waals surface area contributed by atoms with Crippen molar-refractivity contribution in [3.8, 4) is 0 Å². The van der Waals surface area contributed by atoms with Gasteiger partial charge in [0.1, 0.15) is 0 Å². The van der Waals surface area contributed by atoms with Crippen LogP contribution in [0.15, 0.2) is 0 Å². The highest BCUT2D eigenvalue weighted by Crippen LogP contribution is 2.20. The number of rotatable bonds is 6. The lowest BCUT2D eigenvalue weighted by molar-refractivity contribution is -0.136. The van der Waals surface area contributed by atoms with Gasteiger partial charge in [-0.05, 0) is 32.1 Å². The van der Waals surface area contributed by atoms with Gasteiger partial charge in [-0.1, -0.05) is 0 Å². The van der Waals surface area contributed by atoms with Gasteiger partial charge in [-0.3, -0.25) is 9.59 Å². The van der Waals surface area contributed by atoms with Crippen LogP contribution in [0.5, 0.6) is 0 Å². The number of ether oxygens (including phenoxy) is 1. The first-order valence-electron chi connectivity index (χ1n) is 8.08. The maximum atomic E-state index is 12.3. The van der Waals surface area contributed by atoms with Gasteiger partial charge in [-0.2, -0.15) is 0 Å². The van der Waals surface area contributed by atoms with Crippen molar-refractivity contribution in [1.29, 1.82) is 0 Å². The molecule has 0 aliphatic carbocycles. The van der Waals surface area contributed by atoms with Crippen molar-refractivity contribution < 1.29 is 14.3 Å². The number of carbonyl (C=O) groups is 2. The van der Waals surface area contributed by atoms with Crippen LogP contribution >= 0.6 is 0 Å². The molecule has 0 saturated carbocycles. The summed E-state index contributed by atoms with van der Waals surface area (Å²) >= 11 is 0. The fraction of sp³-hybridized carbons (Fsp3) is 0.867. The topological polar surface area (TPSA) is 84.7 Å². The van der Waals surface area contributed by atoms with Gasteiger partial charge >= 0.3 is 0 Å². The molecule has 2 rings (SSSR count). The zero-order valence-corrected chi connectivity index (χ0v) is 12.7. The second kappa shape index (κ2) is 8.34. The second-order valence-corrected chi connectivity index (χ2v) is 5.93. The lowest BCUT2D eigenvalue weighted by atomic mass is 9.96. The third kappa shape index (κ3) is 4.97. The van der Waals surface area contributed by atoms with Crippen molar-refractivity contribution in [2.24, 2.45) is 11.7 Å². The molecule has 2 atom stereocenters. The first kappa shape index (κ1) is 16.2. The SMILES string of the molecule is NCCNC(=O)C1CCCN(C(=O)CCC2CCCO2)C1. The minimum atomic E-state index is -0.0861. The summed E-state index contributed by atoms with van der Waals surface area (Å²) in [7, 11) is 0. The highest BCUT2D eigenvalue weighted by Gasteiger charge is 2.28. The van der Waals surface area contributed by atoms with Crippen molar-refractivity contribution in [1.82, 2.24) is 10.2 Å². The highest BCUT2D eigenvalue weighted by molar-refractivity contribution is 5.81. The minimum Gasteiger partial charge on any atom is -0.378 e. The van der Waals surface area contributed by atoms with Gasteiger partial charge in [0, 0.05) is 39.2 Å². The molecule has 21 heavy (non-hydrogen) atoms. The van der Waals surface area contributed by atoms with Crippen molar-refractivity contribution in [3.05, 3.63) is 0 Å². The Morgan fingerprint density at radius 3 is 2.86 bits per heavy atom. The van der Waals surface area contributed by atoms with Gasteiger partial charge in [-0.15, -0.1) is 0 Å². The summed E-state index contributed by atoms with van der Waals surface area (Å²) in [5, 5.41) is 2.82. The van der Waals surface area contributed by atoms with E-state index in [1.807, 2.05) is 4.90 Å². The number of carbonyl (C=O) groups excluding carboxylic acids is 2. The standard InChI is InChI=1S/C15H27N3O3/c16-7-8-17-15(20)12-3-1-9-18(11-12)14(19)6-5-13-4-2-10-21-13/h12-13H,1-11,16H2,(H,17,20). The third-order valence-electron chi connectivity index (χ3n) is 4.29. The highest BCUT2D eigenvalue weighted by atomic mass is 16.5. The van der Waals surface area contributed by atoms with E-state index >= 15 is 0 Å². The molecular weight excluding hydrogens is 270 g/mol. The Morgan fingerprint density at radius 2 is 2.14 bits per heavy atom. The van der Waals surface area contributed by atoms with Gasteiger partial charge in [0.05, 0.1) is 12.0 Å². The molecule has 0 spiro atoms. The summed E-state index contributed by atoms with van der Waals surface area (Å²) in [6, 6.07) is 0. The van der Waals surface area contributed by atoms with E-state index in [9.17, 15) is 9.59 Å². The summed E-state index contributed by atoms with van der Waals surface area (Å²) in [5.41, 5.74) is 5.39. The Kier molecular flexibility index (Phi) is 6.45. The van der Waals surface area contributed by atoms with Gasteiger partial charge < -0.3 is 20.7 Å². The number of nitrogens with zero attached hydrogens (tertiary/aromatic N) is 1. The van der Waals surface area contributed by atoms with E-state index in [2.05, 4.69) is 5.32 Å². The monoisotopic (exact) mass is 297 g/mol. The molecule has 2 aliphatic rings. The molecule has 2 unspecified atom stereocenters. The number of hydrogen-bond donors (Lipinski definition) is 2. The van der Waals surface area contributed by atoms with Crippen molar-refractivity contribution in [2.75, 3.05) is 32.8 Å². The molecule has 2 aliphatic heterocycles. The smallest absolute Gasteiger partial charge is 0.224 e. The molecule has 0 radical (unpaired) electrons. The molecule has 0 aromatic rings. The van der Waals surface area contributed by atoms with E-state index in [0.29, 0.717) is 26.1 Å². The van der Waals surface area contributed by atoms with Crippen molar-refractivity contribution in [3.63, 3.8) is 0 Å². The Balaban J connectivity index is 1.74. The Labute approximate surface area is 126 Å². The summed E-state index contributed by atoms with van der Waals surface area (Å²) < 4.78 is 5.55. The number of likely N-dealkylation sites (tertiary alicyclic amines) is 1. The van der Waals surface area contributed by atoms with Crippen LogP contribution in [0.2, 0.25) is 0 Å². The molecule has 0 bridgehead atoms. The fourth-order valence-corrected chi connectivity index (χ4v) is 3.07. The van der Waals surface area contributed by atoms with Crippen LogP contribution in [0.3, 0.4) is 0 Å². The summed E-state index contributed by atoms with van der Waals surface area (Å²) in [6.07, 6.45) is 5.51. The van der Waals surface area contributed by atoms with E-state index in [1.54, 1.807) is 0 Å². The van der Waals surface area contributed by atoms with Crippen molar-refractivity contribution >= 4 is 11.8 Å². The van der Waals surface area contributed by atoms with Gasteiger partial charge in [0.25, 0.3) is 0 Å². The quantitative estimate of drug-likeness (QED) is 0.736. The van der Waals surface area contributed by atoms with E-state index in [4.69, 9.17) is 10.5 Å². The molecule has 2 fully saturated rings. The molecule has 0 aromatic heterocycles. The second-order valence-electron chi connectivity index (χ2n) is 5.93. The fourth-order valence-electron chi connectivity index (χ4n) is 3.07. The van der Waals surface area contributed by atoms with Gasteiger partial charge in [-0.25, -0.2) is 0 Å². The Hall–Kier alpha value is -1.14. The number of hydrogen-bond acceptors (Lipinski definition) is 4. The lowest BCUT2D eigenvalue weighted by Crippen LogP contribution is -2.46. The number of piperidine rings is 1. The maximum absolute atomic E-state index is 12.3. The third-order valence-corrected chi connectivity index (χ3v) is 4.29. The van der Waals surface area contributed by atoms with Crippen molar-refractivity contribution in [2.45, 2.75) is 44.6 Å². The van der Waals surface area contributed by atoms with E-state index in [-0.39, 0.29) is 23.8 Å². The molecular formula is C15H27N3O3. The number of nitrogens with one attached hydrogen (secondary N) is 1. The molecule has 3 N–H and O–H groups in total. The van der Waals surface area contributed by atoms with Crippen LogP contribution in [-0.4, -0.2) is 55.6 Å². The van der Waals surface area contributed by atoms with Crippen LogP contribution in [0.25, 0.3) is 0 Å². The maximum Gasteiger partial charge on any atom is 0.224 e. The van der Waals surface area contributed by atoms with E-state index < -0.39 is 0 Å². The zero-order valence-electron chi connectivity index (χ0n) is 12.7. The largest absolute Gasteiger partial charge is 0.378 e. The molecule has 0 aromatic carbocycles. The predicted octanol–water partition coefficient (Wildman–Crippen LogP) is 0.259. The molecule has 2 saturated heterocycles.